The number of carbonyl (C=O) groups is 3. The summed E-state index contributed by atoms with van der Waals surface area (Å²) >= 11 is 0. The maximum Gasteiger partial charge on any atom is 0.335 e. The third-order valence-corrected chi connectivity index (χ3v) is 7.79. The number of Topliss-reactive ketones (excluding diaryl/α,β-unsaturated/α-hetero) is 1. The molecule has 184 valence electrons. The molecule has 0 bridgehead atoms. The Balaban J connectivity index is 1.88. The average Bonchev–Trinajstić information content (AvgIpc) is 3.09. The minimum Gasteiger partial charge on any atom is -0.478 e. The van der Waals surface area contributed by atoms with Crippen LogP contribution >= 0.6 is 0 Å². The summed E-state index contributed by atoms with van der Waals surface area (Å²) in [6.45, 7) is 11.6. The van der Waals surface area contributed by atoms with Gasteiger partial charge in [-0.05, 0) is 50.8 Å². The molecule has 0 unspecified atom stereocenters. The summed E-state index contributed by atoms with van der Waals surface area (Å²) in [6.07, 6.45) is 1.37. The number of likely N-dealkylation sites (N-methyl/N-ethyl adjacent to an activating group) is 1. The minimum absolute atomic E-state index is 0.0790. The molecule has 7 nitrogen and oxygen atoms in total. The number of amides is 1. The number of ether oxygens (including phenoxy) is 1. The average molecular weight is 478 g/mol. The van der Waals surface area contributed by atoms with Gasteiger partial charge >= 0.3 is 5.97 Å². The molecule has 5 rings (SSSR count). The lowest BCUT2D eigenvalue weighted by atomic mass is 9.67. The molecule has 1 aromatic heterocycles. The molecule has 1 N–H and O–H groups in total. The fraction of sp³-hybridized carbons (Fsp3) is 0.464. The Hall–Kier alpha value is -3.35. The van der Waals surface area contributed by atoms with Gasteiger partial charge in [0, 0.05) is 48.4 Å². The summed E-state index contributed by atoms with van der Waals surface area (Å²) in [5.41, 5.74) is 1.79. The first-order valence-electron chi connectivity index (χ1n) is 11.9. The molecule has 3 aliphatic rings. The number of benzene rings is 1. The van der Waals surface area contributed by atoms with Crippen LogP contribution < -0.4 is 0 Å². The van der Waals surface area contributed by atoms with Crippen LogP contribution in [-0.4, -0.2) is 40.3 Å². The molecule has 35 heavy (non-hydrogen) atoms. The van der Waals surface area contributed by atoms with E-state index in [0.717, 1.165) is 0 Å². The summed E-state index contributed by atoms with van der Waals surface area (Å²) in [5, 5.41) is 10.6. The zero-order chi connectivity index (χ0) is 25.6. The van der Waals surface area contributed by atoms with Gasteiger partial charge in [-0.2, -0.15) is 0 Å². The van der Waals surface area contributed by atoms with Crippen LogP contribution in [0.1, 0.15) is 80.1 Å². The zero-order valence-corrected chi connectivity index (χ0v) is 21.3. The van der Waals surface area contributed by atoms with Gasteiger partial charge in [-0.25, -0.2) is 4.79 Å². The molecule has 1 aliphatic carbocycles. The van der Waals surface area contributed by atoms with E-state index in [2.05, 4.69) is 0 Å². The van der Waals surface area contributed by atoms with Crippen molar-refractivity contribution in [2.24, 2.45) is 5.41 Å². The molecular weight excluding hydrogens is 446 g/mol. The Morgan fingerprint density at radius 3 is 2.34 bits per heavy atom. The molecule has 1 amide bonds. The van der Waals surface area contributed by atoms with Crippen LogP contribution in [0.5, 0.6) is 0 Å². The summed E-state index contributed by atoms with van der Waals surface area (Å²) in [6, 6.07) is 3.39. The molecule has 0 saturated carbocycles. The van der Waals surface area contributed by atoms with E-state index < -0.39 is 17.4 Å². The molecule has 3 heterocycles. The number of aryl methyl sites for hydroxylation is 1. The summed E-state index contributed by atoms with van der Waals surface area (Å²) in [4.78, 5) is 41.4. The molecule has 0 spiro atoms. The van der Waals surface area contributed by atoms with Gasteiger partial charge in [-0.15, -0.1) is 0 Å². The number of nitrogens with zero attached hydrogens (tertiary/aromatic N) is 1. The topological polar surface area (TPSA) is 97.0 Å². The maximum absolute atomic E-state index is 13.8. The molecule has 2 aliphatic heterocycles. The monoisotopic (exact) mass is 477 g/mol. The number of aromatic carboxylic acids is 1. The van der Waals surface area contributed by atoms with Crippen LogP contribution in [-0.2, 0) is 14.3 Å². The molecule has 1 atom stereocenters. The second-order valence-electron chi connectivity index (χ2n) is 11.5. The van der Waals surface area contributed by atoms with Crippen LogP contribution in [0.2, 0.25) is 0 Å². The highest BCUT2D eigenvalue weighted by molar-refractivity contribution is 6.07. The number of furan rings is 1. The van der Waals surface area contributed by atoms with Crippen LogP contribution in [0.25, 0.3) is 11.0 Å². The molecule has 2 aromatic rings. The summed E-state index contributed by atoms with van der Waals surface area (Å²) < 4.78 is 12.5. The van der Waals surface area contributed by atoms with Crippen molar-refractivity contribution in [1.29, 1.82) is 0 Å². The van der Waals surface area contributed by atoms with Crippen molar-refractivity contribution < 1.29 is 28.6 Å². The van der Waals surface area contributed by atoms with E-state index in [1.165, 1.54) is 0 Å². The van der Waals surface area contributed by atoms with Gasteiger partial charge in [0.25, 0.3) is 5.91 Å². The predicted octanol–water partition coefficient (Wildman–Crippen LogP) is 5.40. The Bertz CT molecular complexity index is 1400. The largest absolute Gasteiger partial charge is 0.478 e. The lowest BCUT2D eigenvalue weighted by molar-refractivity contribution is -0.133. The highest BCUT2D eigenvalue weighted by atomic mass is 16.5. The summed E-state index contributed by atoms with van der Waals surface area (Å²) in [7, 11) is 1.76. The molecular formula is C28H31NO6. The Morgan fingerprint density at radius 1 is 1.03 bits per heavy atom. The number of carbonyl (C=O) groups excluding carboxylic acids is 2. The number of rotatable bonds is 2. The fourth-order valence-corrected chi connectivity index (χ4v) is 5.83. The van der Waals surface area contributed by atoms with Crippen molar-refractivity contribution in [1.82, 2.24) is 4.90 Å². The molecule has 1 aromatic carbocycles. The standard InChI is InChI=1S/C28H31NO6/c1-13-8-15-9-16(26(32)33)14(2)20(24(15)34-13)23-21-17(30)10-27(3,4)11-18(21)35-19-12-28(5,6)29(7)25(31)22(19)23/h8-9,23H,10-12H2,1-7H3,(H,32,33)/t23-/m1/s1. The van der Waals surface area contributed by atoms with Gasteiger partial charge in [-0.3, -0.25) is 9.59 Å². The quantitative estimate of drug-likeness (QED) is 0.622. The first kappa shape index (κ1) is 23.4. The van der Waals surface area contributed by atoms with Crippen molar-refractivity contribution in [3.05, 3.63) is 57.2 Å². The van der Waals surface area contributed by atoms with E-state index in [-0.39, 0.29) is 22.7 Å². The highest BCUT2D eigenvalue weighted by Crippen LogP contribution is 2.54. The molecule has 0 fully saturated rings. The molecule has 0 saturated heterocycles. The van der Waals surface area contributed by atoms with Crippen molar-refractivity contribution in [3.63, 3.8) is 0 Å². The van der Waals surface area contributed by atoms with Crippen molar-refractivity contribution >= 4 is 28.6 Å². The predicted molar refractivity (Wildman–Crippen MR) is 130 cm³/mol. The van der Waals surface area contributed by atoms with Gasteiger partial charge in [0.1, 0.15) is 22.9 Å². The second-order valence-corrected chi connectivity index (χ2v) is 11.5. The number of allylic oxidation sites excluding steroid dienone is 2. The van der Waals surface area contributed by atoms with Gasteiger partial charge in [0.15, 0.2) is 5.78 Å². The number of ketones is 1. The molecule has 0 radical (unpaired) electrons. The Labute approximate surface area is 204 Å². The van der Waals surface area contributed by atoms with Crippen LogP contribution in [0, 0.1) is 19.3 Å². The van der Waals surface area contributed by atoms with E-state index in [9.17, 15) is 19.5 Å². The van der Waals surface area contributed by atoms with Crippen LogP contribution in [0.3, 0.4) is 0 Å². The Morgan fingerprint density at radius 2 is 1.69 bits per heavy atom. The van der Waals surface area contributed by atoms with Crippen molar-refractivity contribution in [2.75, 3.05) is 7.05 Å². The van der Waals surface area contributed by atoms with Crippen LogP contribution in [0.15, 0.2) is 39.2 Å². The number of carboxylic acids is 1. The zero-order valence-electron chi connectivity index (χ0n) is 21.3. The number of carboxylic acid groups (broad SMARTS) is 1. The van der Waals surface area contributed by atoms with E-state index in [4.69, 9.17) is 9.15 Å². The smallest absolute Gasteiger partial charge is 0.335 e. The number of hydrogen-bond acceptors (Lipinski definition) is 5. The SMILES string of the molecule is Cc1cc2cc(C(=O)O)c(C)c([C@@H]3C4=C(CC(C)(C)CC4=O)OC4=C3C(=O)N(C)C(C)(C)C4)c2o1. The first-order valence-corrected chi connectivity index (χ1v) is 11.9. The molecule has 7 heteroatoms. The second kappa shape index (κ2) is 7.33. The fourth-order valence-electron chi connectivity index (χ4n) is 5.83. The van der Waals surface area contributed by atoms with Gasteiger partial charge in [0.2, 0.25) is 0 Å². The van der Waals surface area contributed by atoms with Crippen molar-refractivity contribution in [3.8, 4) is 0 Å². The van der Waals surface area contributed by atoms with E-state index in [1.807, 2.05) is 27.7 Å². The highest BCUT2D eigenvalue weighted by Gasteiger charge is 2.50. The lowest BCUT2D eigenvalue weighted by Crippen LogP contribution is -2.51. The third-order valence-electron chi connectivity index (χ3n) is 7.79. The number of hydrogen-bond donors (Lipinski definition) is 1. The van der Waals surface area contributed by atoms with Crippen LogP contribution in [0.4, 0.5) is 0 Å². The third kappa shape index (κ3) is 3.43. The van der Waals surface area contributed by atoms with E-state index in [0.29, 0.717) is 69.8 Å². The van der Waals surface area contributed by atoms with Crippen molar-refractivity contribution in [2.45, 2.75) is 72.3 Å². The van der Waals surface area contributed by atoms with E-state index >= 15 is 0 Å². The van der Waals surface area contributed by atoms with Gasteiger partial charge < -0.3 is 19.2 Å². The summed E-state index contributed by atoms with van der Waals surface area (Å²) in [5.74, 6) is -0.349. The Kier molecular flexibility index (Phi) is 4.90. The minimum atomic E-state index is -1.07. The lowest BCUT2D eigenvalue weighted by Gasteiger charge is -2.46. The first-order chi connectivity index (χ1) is 16.2. The maximum atomic E-state index is 13.8. The number of fused-ring (bicyclic) bond motifs is 1. The van der Waals surface area contributed by atoms with Gasteiger partial charge in [-0.1, -0.05) is 13.8 Å². The van der Waals surface area contributed by atoms with Gasteiger partial charge in [0.05, 0.1) is 17.1 Å². The normalized spacial score (nSPS) is 23.4. The van der Waals surface area contributed by atoms with E-state index in [1.54, 1.807) is 37.9 Å².